The van der Waals surface area contributed by atoms with Crippen molar-refractivity contribution in [3.63, 3.8) is 0 Å². The molecule has 0 saturated carbocycles. The summed E-state index contributed by atoms with van der Waals surface area (Å²) in [4.78, 5) is 0. The zero-order valence-electron chi connectivity index (χ0n) is 10.5. The lowest BCUT2D eigenvalue weighted by molar-refractivity contribution is 0.838. The minimum atomic E-state index is 1.21. The first-order valence-corrected chi connectivity index (χ1v) is 10.8. The molecule has 0 saturated heterocycles. The monoisotopic (exact) mass is 444 g/mol. The summed E-state index contributed by atoms with van der Waals surface area (Å²) < 4.78 is 1.21. The summed E-state index contributed by atoms with van der Waals surface area (Å²) >= 11 is 8.93. The van der Waals surface area contributed by atoms with E-state index in [1.54, 1.807) is 11.1 Å². The van der Waals surface area contributed by atoms with Gasteiger partial charge in [0, 0.05) is 32.7 Å². The third kappa shape index (κ3) is 3.93. The topological polar surface area (TPSA) is 0 Å². The van der Waals surface area contributed by atoms with E-state index < -0.39 is 0 Å². The second kappa shape index (κ2) is 7.61. The highest BCUT2D eigenvalue weighted by Crippen LogP contribution is 2.25. The van der Waals surface area contributed by atoms with Crippen LogP contribution in [0.3, 0.4) is 0 Å². The Morgan fingerprint density at radius 3 is 1.42 bits per heavy atom. The molecular formula is C16H15Br3. The Hall–Kier alpha value is -0.120. The summed E-state index contributed by atoms with van der Waals surface area (Å²) in [7, 11) is 0. The molecule has 19 heavy (non-hydrogen) atoms. The highest BCUT2D eigenvalue weighted by Gasteiger charge is 2.11. The van der Waals surface area contributed by atoms with Gasteiger partial charge in [-0.05, 0) is 60.1 Å². The van der Waals surface area contributed by atoms with Gasteiger partial charge in [0.15, 0.2) is 0 Å². The van der Waals surface area contributed by atoms with Crippen LogP contribution in [-0.2, 0) is 25.7 Å². The number of benzene rings is 2. The Labute approximate surface area is 138 Å². The van der Waals surface area contributed by atoms with Gasteiger partial charge in [0.2, 0.25) is 0 Å². The third-order valence-electron chi connectivity index (χ3n) is 3.61. The summed E-state index contributed by atoms with van der Waals surface area (Å²) in [5.74, 6) is 0. The summed E-state index contributed by atoms with van der Waals surface area (Å²) in [6, 6.07) is 15.1. The van der Waals surface area contributed by atoms with Crippen molar-refractivity contribution in [2.75, 3.05) is 0 Å². The lowest BCUT2D eigenvalue weighted by Crippen LogP contribution is -2.06. The normalized spacial score (nSPS) is 13.2. The molecule has 3 heteroatoms. The van der Waals surface area contributed by atoms with Crippen LogP contribution in [0.25, 0.3) is 0 Å². The molecule has 0 fully saturated rings. The van der Waals surface area contributed by atoms with Crippen molar-refractivity contribution >= 4 is 44.2 Å². The van der Waals surface area contributed by atoms with E-state index in [4.69, 9.17) is 0 Å². The Morgan fingerprint density at radius 2 is 1.11 bits per heavy atom. The van der Waals surface area contributed by atoms with Crippen LogP contribution in [0.2, 0.25) is 0 Å². The maximum atomic E-state index is 3.43. The van der Waals surface area contributed by atoms with Crippen molar-refractivity contribution in [2.24, 2.45) is 0 Å². The molecule has 0 radical (unpaired) electrons. The molecule has 0 spiro atoms. The average molecular weight is 447 g/mol. The maximum absolute atomic E-state index is 3.43. The van der Waals surface area contributed by atoms with Gasteiger partial charge in [-0.3, -0.25) is 0 Å². The fraction of sp³-hybridized carbons (Fsp3) is 0.250. The Kier molecular flexibility index (Phi) is 6.11. The van der Waals surface area contributed by atoms with E-state index in [0.717, 1.165) is 0 Å². The quantitative estimate of drug-likeness (QED) is 0.464. The molecule has 2 aliphatic carbocycles. The summed E-state index contributed by atoms with van der Waals surface area (Å²) in [6.45, 7) is 0. The fourth-order valence-corrected chi connectivity index (χ4v) is 2.71. The van der Waals surface area contributed by atoms with E-state index in [9.17, 15) is 0 Å². The van der Waals surface area contributed by atoms with E-state index >= 15 is 0 Å². The number of rotatable bonds is 0. The first-order chi connectivity index (χ1) is 9.33. The maximum Gasteiger partial charge on any atom is 0.0178 e. The van der Waals surface area contributed by atoms with Crippen LogP contribution in [0.15, 0.2) is 46.9 Å². The zero-order valence-corrected chi connectivity index (χ0v) is 15.3. The molecule has 100 valence electrons. The molecule has 2 aromatic rings. The van der Waals surface area contributed by atoms with Gasteiger partial charge in [-0.2, -0.15) is 0 Å². The van der Waals surface area contributed by atoms with Gasteiger partial charge < -0.3 is 0 Å². The highest BCUT2D eigenvalue weighted by atomic mass is 80.9. The molecule has 0 heterocycles. The lowest BCUT2D eigenvalue weighted by Gasteiger charge is -2.17. The highest BCUT2D eigenvalue weighted by molar-refractivity contribution is 9.93. The predicted octanol–water partition coefficient (Wildman–Crippen LogP) is 6.02. The standard InChI is InChI=1S/C8H7Br.C8H8.Br2/c9-8-4-3-6-1-2-7(6)5-8;1-2-4-8-6-5-7(8)3-1;1-2/h3-5H,1-2H2;1-4H,5-6H2;. The third-order valence-corrected chi connectivity index (χ3v) is 4.11. The number of halogens is 3. The Balaban J connectivity index is 0.000000125. The first-order valence-electron chi connectivity index (χ1n) is 6.31. The van der Waals surface area contributed by atoms with E-state index in [0.29, 0.717) is 0 Å². The molecule has 2 aromatic carbocycles. The van der Waals surface area contributed by atoms with Crippen molar-refractivity contribution in [3.8, 4) is 0 Å². The SMILES string of the molecule is BrBr.Brc1ccc2c(c1)CC2.c1ccc2c(c1)CC2. The van der Waals surface area contributed by atoms with Crippen LogP contribution in [0.4, 0.5) is 0 Å². The van der Waals surface area contributed by atoms with Gasteiger partial charge >= 0.3 is 0 Å². The van der Waals surface area contributed by atoms with Crippen LogP contribution in [0, 0.1) is 0 Å². The molecule has 0 bridgehead atoms. The first kappa shape index (κ1) is 15.3. The van der Waals surface area contributed by atoms with E-state index in [-0.39, 0.29) is 0 Å². The summed E-state index contributed by atoms with van der Waals surface area (Å²) in [5.41, 5.74) is 6.14. The molecule has 0 nitrogen and oxygen atoms in total. The molecule has 0 N–H and O–H groups in total. The van der Waals surface area contributed by atoms with Gasteiger partial charge in [0.25, 0.3) is 0 Å². The van der Waals surface area contributed by atoms with Gasteiger partial charge in [-0.1, -0.05) is 46.3 Å². The minimum absolute atomic E-state index is 1.21. The van der Waals surface area contributed by atoms with Crippen LogP contribution >= 0.6 is 44.2 Å². The zero-order chi connectivity index (χ0) is 13.7. The fourth-order valence-electron chi connectivity index (χ4n) is 2.30. The minimum Gasteiger partial charge on any atom is -0.0620 e. The molecule has 0 amide bonds. The van der Waals surface area contributed by atoms with Crippen LogP contribution in [0.5, 0.6) is 0 Å². The number of hydrogen-bond acceptors (Lipinski definition) is 0. The van der Waals surface area contributed by atoms with Gasteiger partial charge in [0.05, 0.1) is 0 Å². The molecule has 4 rings (SSSR count). The molecule has 0 atom stereocenters. The number of fused-ring (bicyclic) bond motifs is 2. The smallest absolute Gasteiger partial charge is 0.0178 e. The molecule has 0 aliphatic heterocycles. The van der Waals surface area contributed by atoms with Crippen molar-refractivity contribution in [1.82, 2.24) is 0 Å². The van der Waals surface area contributed by atoms with Crippen molar-refractivity contribution in [2.45, 2.75) is 25.7 Å². The molecule has 2 aliphatic rings. The van der Waals surface area contributed by atoms with Crippen LogP contribution in [-0.4, -0.2) is 0 Å². The largest absolute Gasteiger partial charge is 0.0620 e. The van der Waals surface area contributed by atoms with E-state index in [1.807, 2.05) is 0 Å². The number of hydrogen-bond donors (Lipinski definition) is 0. The van der Waals surface area contributed by atoms with Crippen molar-refractivity contribution in [3.05, 3.63) is 69.2 Å². The lowest BCUT2D eigenvalue weighted by atomic mass is 9.89. The van der Waals surface area contributed by atoms with Gasteiger partial charge in [-0.25, -0.2) is 0 Å². The van der Waals surface area contributed by atoms with Crippen LogP contribution in [0.1, 0.15) is 22.3 Å². The predicted molar refractivity (Wildman–Crippen MR) is 93.3 cm³/mol. The molecular weight excluding hydrogens is 432 g/mol. The van der Waals surface area contributed by atoms with Crippen molar-refractivity contribution < 1.29 is 0 Å². The van der Waals surface area contributed by atoms with Crippen molar-refractivity contribution in [1.29, 1.82) is 0 Å². The average Bonchev–Trinajstić information content (AvgIpc) is 2.39. The Bertz CT molecular complexity index is 526. The Morgan fingerprint density at radius 1 is 0.632 bits per heavy atom. The van der Waals surface area contributed by atoms with Gasteiger partial charge in [0.1, 0.15) is 0 Å². The number of aryl methyl sites for hydroxylation is 4. The second-order valence-electron chi connectivity index (χ2n) is 4.68. The summed E-state index contributed by atoms with van der Waals surface area (Å²) in [6.07, 6.45) is 5.16. The summed E-state index contributed by atoms with van der Waals surface area (Å²) in [5, 5.41) is 0. The molecule has 0 unspecified atom stereocenters. The second-order valence-corrected chi connectivity index (χ2v) is 5.60. The molecule has 0 aromatic heterocycles. The van der Waals surface area contributed by atoms with E-state index in [2.05, 4.69) is 86.6 Å². The van der Waals surface area contributed by atoms with E-state index in [1.165, 1.54) is 41.3 Å². The van der Waals surface area contributed by atoms with Crippen LogP contribution < -0.4 is 0 Å². The van der Waals surface area contributed by atoms with Gasteiger partial charge in [-0.15, -0.1) is 0 Å².